The molecular weight excluding hydrogens is 403 g/mol. The molecule has 0 bridgehead atoms. The summed E-state index contributed by atoms with van der Waals surface area (Å²) in [5, 5.41) is 12.1. The Hall–Kier alpha value is -2.33. The van der Waals surface area contributed by atoms with Gasteiger partial charge < -0.3 is 10.1 Å². The number of hydrogen-bond donors (Lipinski definition) is 1. The van der Waals surface area contributed by atoms with E-state index in [9.17, 15) is 10.1 Å². The Morgan fingerprint density at radius 1 is 1.30 bits per heavy atom. The molecule has 0 spiro atoms. The van der Waals surface area contributed by atoms with Crippen molar-refractivity contribution in [1.82, 2.24) is 0 Å². The first kappa shape index (κ1) is 17.0. The molecule has 1 amide bonds. The number of aryl methyl sites for hydroxylation is 1. The largest absolute Gasteiger partial charge is 0.497 e. The third-order valence-electron chi connectivity index (χ3n) is 3.20. The molecule has 2 aromatic carbocycles. The molecule has 1 N–H and O–H groups in total. The summed E-state index contributed by atoms with van der Waals surface area (Å²) < 4.78 is 6.17. The second-order valence-corrected chi connectivity index (χ2v) is 6.11. The van der Waals surface area contributed by atoms with E-state index in [1.165, 1.54) is 0 Å². The molecule has 2 rings (SSSR count). The zero-order valence-corrected chi connectivity index (χ0v) is 14.9. The maximum atomic E-state index is 12.3. The summed E-state index contributed by atoms with van der Waals surface area (Å²) in [5.74, 6) is 0.249. The van der Waals surface area contributed by atoms with Gasteiger partial charge in [0.05, 0.1) is 7.11 Å². The molecule has 0 radical (unpaired) electrons. The lowest BCUT2D eigenvalue weighted by molar-refractivity contribution is -0.112. The molecule has 0 aliphatic carbocycles. The van der Waals surface area contributed by atoms with Crippen LogP contribution >= 0.6 is 22.6 Å². The lowest BCUT2D eigenvalue weighted by Crippen LogP contribution is -2.14. The van der Waals surface area contributed by atoms with Gasteiger partial charge in [0.2, 0.25) is 0 Å². The number of para-hydroxylation sites is 1. The van der Waals surface area contributed by atoms with E-state index in [1.54, 1.807) is 25.3 Å². The topological polar surface area (TPSA) is 62.1 Å². The molecule has 2 aromatic rings. The van der Waals surface area contributed by atoms with Gasteiger partial charge in [-0.05, 0) is 71.0 Å². The fraction of sp³-hybridized carbons (Fsp3) is 0.111. The first-order chi connectivity index (χ1) is 11.0. The number of rotatable bonds is 4. The molecule has 0 saturated heterocycles. The van der Waals surface area contributed by atoms with Gasteiger partial charge in [-0.25, -0.2) is 0 Å². The van der Waals surface area contributed by atoms with Gasteiger partial charge in [0.15, 0.2) is 0 Å². The van der Waals surface area contributed by atoms with Crippen LogP contribution in [-0.4, -0.2) is 13.0 Å². The Morgan fingerprint density at radius 2 is 2.04 bits per heavy atom. The van der Waals surface area contributed by atoms with E-state index in [2.05, 4.69) is 27.9 Å². The fourth-order valence-electron chi connectivity index (χ4n) is 2.00. The zero-order valence-electron chi connectivity index (χ0n) is 12.8. The Bertz CT molecular complexity index is 807. The summed E-state index contributed by atoms with van der Waals surface area (Å²) >= 11 is 2.16. The van der Waals surface area contributed by atoms with Crippen molar-refractivity contribution in [3.05, 3.63) is 62.7 Å². The van der Waals surface area contributed by atoms with Crippen LogP contribution in [0, 0.1) is 21.8 Å². The number of nitrogens with one attached hydrogen (secondary N) is 1. The molecule has 0 atom stereocenters. The number of ether oxygens (including phenoxy) is 1. The van der Waals surface area contributed by atoms with Gasteiger partial charge in [0.1, 0.15) is 17.4 Å². The number of hydrogen-bond acceptors (Lipinski definition) is 3. The number of benzene rings is 2. The molecule has 0 aliphatic heterocycles. The summed E-state index contributed by atoms with van der Waals surface area (Å²) in [6, 6.07) is 14.9. The number of carbonyl (C=O) groups is 1. The molecule has 4 nitrogen and oxygen atoms in total. The number of carbonyl (C=O) groups excluding carboxylic acids is 1. The van der Waals surface area contributed by atoms with Gasteiger partial charge in [-0.1, -0.05) is 18.2 Å². The van der Waals surface area contributed by atoms with Crippen molar-refractivity contribution in [3.63, 3.8) is 0 Å². The summed E-state index contributed by atoms with van der Waals surface area (Å²) in [6.45, 7) is 1.90. The molecule has 0 aromatic heterocycles. The van der Waals surface area contributed by atoms with Crippen LogP contribution in [0.3, 0.4) is 0 Å². The number of amides is 1. The number of halogens is 1. The molecular formula is C18H15IN2O2. The van der Waals surface area contributed by atoms with E-state index < -0.39 is 5.91 Å². The Balaban J connectivity index is 2.29. The van der Waals surface area contributed by atoms with Gasteiger partial charge in [0.25, 0.3) is 5.91 Å². The van der Waals surface area contributed by atoms with Gasteiger partial charge in [-0.15, -0.1) is 0 Å². The van der Waals surface area contributed by atoms with E-state index in [1.807, 2.05) is 43.3 Å². The predicted octanol–water partition coefficient (Wildman–Crippen LogP) is 4.15. The van der Waals surface area contributed by atoms with Crippen LogP contribution in [0.2, 0.25) is 0 Å². The first-order valence-corrected chi connectivity index (χ1v) is 7.94. The maximum Gasteiger partial charge on any atom is 0.266 e. The molecule has 0 aliphatic rings. The number of nitriles is 1. The quantitative estimate of drug-likeness (QED) is 0.461. The highest BCUT2D eigenvalue weighted by Gasteiger charge is 2.11. The Morgan fingerprint density at radius 3 is 2.70 bits per heavy atom. The number of nitrogens with zero attached hydrogens (tertiary/aromatic N) is 1. The average Bonchev–Trinajstić information content (AvgIpc) is 2.54. The maximum absolute atomic E-state index is 12.3. The van der Waals surface area contributed by atoms with E-state index in [0.29, 0.717) is 11.4 Å². The van der Waals surface area contributed by atoms with E-state index in [4.69, 9.17) is 4.74 Å². The highest BCUT2D eigenvalue weighted by Crippen LogP contribution is 2.21. The molecule has 0 fully saturated rings. The normalized spacial score (nSPS) is 10.8. The minimum Gasteiger partial charge on any atom is -0.497 e. The van der Waals surface area contributed by atoms with Crippen molar-refractivity contribution in [1.29, 1.82) is 5.26 Å². The van der Waals surface area contributed by atoms with Gasteiger partial charge in [-0.3, -0.25) is 4.79 Å². The van der Waals surface area contributed by atoms with Crippen molar-refractivity contribution in [3.8, 4) is 11.8 Å². The standard InChI is InChI=1S/C18H15IN2O2/c1-12-5-3-4-6-17(12)21-18(22)14(11-20)7-13-8-15(19)10-16(9-13)23-2/h3-10H,1-2H3,(H,21,22)/b14-7+. The summed E-state index contributed by atoms with van der Waals surface area (Å²) in [7, 11) is 1.58. The van der Waals surface area contributed by atoms with E-state index in [-0.39, 0.29) is 5.57 Å². The minimum absolute atomic E-state index is 0.0392. The smallest absolute Gasteiger partial charge is 0.266 e. The number of methoxy groups -OCH3 is 1. The highest BCUT2D eigenvalue weighted by molar-refractivity contribution is 14.1. The molecule has 0 heterocycles. The van der Waals surface area contributed by atoms with Crippen LogP contribution in [0.15, 0.2) is 48.0 Å². The second-order valence-electron chi connectivity index (χ2n) is 4.86. The van der Waals surface area contributed by atoms with Crippen LogP contribution in [0.25, 0.3) is 6.08 Å². The van der Waals surface area contributed by atoms with Crippen molar-refractivity contribution in [2.24, 2.45) is 0 Å². The third-order valence-corrected chi connectivity index (χ3v) is 3.82. The van der Waals surface area contributed by atoms with Gasteiger partial charge >= 0.3 is 0 Å². The van der Waals surface area contributed by atoms with Crippen molar-refractivity contribution in [2.45, 2.75) is 6.92 Å². The Kier molecular flexibility index (Phi) is 5.77. The zero-order chi connectivity index (χ0) is 16.8. The molecule has 0 saturated carbocycles. The molecule has 116 valence electrons. The lowest BCUT2D eigenvalue weighted by Gasteiger charge is -2.07. The molecule has 5 heteroatoms. The molecule has 23 heavy (non-hydrogen) atoms. The minimum atomic E-state index is -0.431. The van der Waals surface area contributed by atoms with Crippen LogP contribution in [-0.2, 0) is 4.79 Å². The lowest BCUT2D eigenvalue weighted by atomic mass is 10.1. The third kappa shape index (κ3) is 4.57. The van der Waals surface area contributed by atoms with Crippen molar-refractivity contribution >= 4 is 40.3 Å². The van der Waals surface area contributed by atoms with Crippen molar-refractivity contribution < 1.29 is 9.53 Å². The second kappa shape index (κ2) is 7.79. The molecule has 0 unspecified atom stereocenters. The Labute approximate surface area is 148 Å². The fourth-order valence-corrected chi connectivity index (χ4v) is 2.67. The van der Waals surface area contributed by atoms with E-state index in [0.717, 1.165) is 14.7 Å². The summed E-state index contributed by atoms with van der Waals surface area (Å²) in [4.78, 5) is 12.3. The first-order valence-electron chi connectivity index (χ1n) is 6.87. The highest BCUT2D eigenvalue weighted by atomic mass is 127. The van der Waals surface area contributed by atoms with Crippen LogP contribution < -0.4 is 10.1 Å². The van der Waals surface area contributed by atoms with Gasteiger partial charge in [-0.2, -0.15) is 5.26 Å². The monoisotopic (exact) mass is 418 g/mol. The van der Waals surface area contributed by atoms with Crippen LogP contribution in [0.5, 0.6) is 5.75 Å². The van der Waals surface area contributed by atoms with Crippen LogP contribution in [0.4, 0.5) is 5.69 Å². The summed E-state index contributed by atoms with van der Waals surface area (Å²) in [6.07, 6.45) is 1.55. The SMILES string of the molecule is COc1cc(I)cc(/C=C(\C#N)C(=O)Nc2ccccc2C)c1. The average molecular weight is 418 g/mol. The predicted molar refractivity (Wildman–Crippen MR) is 99.1 cm³/mol. The van der Waals surface area contributed by atoms with E-state index >= 15 is 0 Å². The number of anilines is 1. The van der Waals surface area contributed by atoms with Gasteiger partial charge in [0, 0.05) is 9.26 Å². The van der Waals surface area contributed by atoms with Crippen molar-refractivity contribution in [2.75, 3.05) is 12.4 Å². The summed E-state index contributed by atoms with van der Waals surface area (Å²) in [5.41, 5.74) is 2.41. The van der Waals surface area contributed by atoms with Crippen LogP contribution in [0.1, 0.15) is 11.1 Å².